The lowest BCUT2D eigenvalue weighted by molar-refractivity contribution is 0.390. The summed E-state index contributed by atoms with van der Waals surface area (Å²) in [6.45, 7) is 3.27. The highest BCUT2D eigenvalue weighted by molar-refractivity contribution is 6.31. The molecule has 1 atom stereocenters. The van der Waals surface area contributed by atoms with E-state index >= 15 is 0 Å². The highest BCUT2D eigenvalue weighted by Crippen LogP contribution is 2.25. The highest BCUT2D eigenvalue weighted by Gasteiger charge is 2.06. The smallest absolute Gasteiger partial charge is 0.0737 e. The summed E-state index contributed by atoms with van der Waals surface area (Å²) in [5.74, 6) is 0. The molecule has 1 aromatic heterocycles. The van der Waals surface area contributed by atoms with Crippen LogP contribution in [0.25, 0.3) is 10.9 Å². The van der Waals surface area contributed by atoms with E-state index in [-0.39, 0.29) is 0 Å². The van der Waals surface area contributed by atoms with Gasteiger partial charge >= 0.3 is 0 Å². The second-order valence-corrected chi connectivity index (χ2v) is 5.59. The highest BCUT2D eigenvalue weighted by atomic mass is 35.5. The van der Waals surface area contributed by atoms with Gasteiger partial charge in [0.15, 0.2) is 0 Å². The summed E-state index contributed by atoms with van der Waals surface area (Å²) < 4.78 is 0. The van der Waals surface area contributed by atoms with E-state index in [0.29, 0.717) is 6.04 Å². The van der Waals surface area contributed by atoms with Gasteiger partial charge in [-0.05, 0) is 58.3 Å². The first-order chi connectivity index (χ1) is 9.06. The Balaban J connectivity index is 2.16. The molecule has 0 bridgehead atoms. The molecule has 0 aliphatic heterocycles. The predicted molar refractivity (Wildman–Crippen MR) is 83.0 cm³/mol. The van der Waals surface area contributed by atoms with Crippen LogP contribution in [-0.4, -0.2) is 36.6 Å². The Kier molecular flexibility index (Phi) is 4.61. The minimum Gasteiger partial charge on any atom is -0.382 e. The summed E-state index contributed by atoms with van der Waals surface area (Å²) in [6, 6.07) is 8.26. The second-order valence-electron chi connectivity index (χ2n) is 5.16. The molecule has 3 nitrogen and oxygen atoms in total. The zero-order chi connectivity index (χ0) is 13.8. The van der Waals surface area contributed by atoms with Crippen LogP contribution < -0.4 is 5.32 Å². The van der Waals surface area contributed by atoms with E-state index in [2.05, 4.69) is 36.2 Å². The third kappa shape index (κ3) is 3.82. The van der Waals surface area contributed by atoms with Crippen molar-refractivity contribution in [2.24, 2.45) is 0 Å². The monoisotopic (exact) mass is 277 g/mol. The lowest BCUT2D eigenvalue weighted by Gasteiger charge is -2.18. The molecule has 0 saturated carbocycles. The maximum atomic E-state index is 6.00. The second kappa shape index (κ2) is 6.22. The number of nitrogens with zero attached hydrogens (tertiary/aromatic N) is 2. The first-order valence-electron chi connectivity index (χ1n) is 6.52. The van der Waals surface area contributed by atoms with Gasteiger partial charge in [-0.25, -0.2) is 0 Å². The van der Waals surface area contributed by atoms with Crippen LogP contribution in [0.15, 0.2) is 30.5 Å². The first kappa shape index (κ1) is 14.1. The third-order valence-corrected chi connectivity index (χ3v) is 3.35. The SMILES string of the molecule is C[C@@H](CCN(C)C)Nc1ccnc2cc(Cl)ccc12. The lowest BCUT2D eigenvalue weighted by atomic mass is 10.1. The standard InChI is InChI=1S/C15H20ClN3/c1-11(7-9-19(2)3)18-14-6-8-17-15-10-12(16)4-5-13(14)15/h4-6,8,10-11H,7,9H2,1-3H3,(H,17,18)/t11-/m0/s1. The van der Waals surface area contributed by atoms with E-state index in [4.69, 9.17) is 11.6 Å². The summed E-state index contributed by atoms with van der Waals surface area (Å²) in [5.41, 5.74) is 2.05. The molecule has 0 amide bonds. The molecule has 0 aliphatic carbocycles. The van der Waals surface area contributed by atoms with E-state index in [1.165, 1.54) is 0 Å². The molecule has 2 rings (SSSR count). The largest absolute Gasteiger partial charge is 0.382 e. The number of rotatable bonds is 5. The molecule has 0 aliphatic rings. The number of aromatic nitrogens is 1. The van der Waals surface area contributed by atoms with Crippen molar-refractivity contribution in [3.63, 3.8) is 0 Å². The zero-order valence-electron chi connectivity index (χ0n) is 11.7. The fourth-order valence-corrected chi connectivity index (χ4v) is 2.20. The van der Waals surface area contributed by atoms with Gasteiger partial charge in [-0.15, -0.1) is 0 Å². The Morgan fingerprint density at radius 2 is 2.11 bits per heavy atom. The Morgan fingerprint density at radius 3 is 2.84 bits per heavy atom. The minimum absolute atomic E-state index is 0.420. The van der Waals surface area contributed by atoms with Gasteiger partial charge in [-0.2, -0.15) is 0 Å². The van der Waals surface area contributed by atoms with Crippen molar-refractivity contribution in [2.45, 2.75) is 19.4 Å². The molecular weight excluding hydrogens is 258 g/mol. The van der Waals surface area contributed by atoms with E-state index in [1.807, 2.05) is 30.5 Å². The molecule has 1 aromatic carbocycles. The number of halogens is 1. The maximum absolute atomic E-state index is 6.00. The number of hydrogen-bond acceptors (Lipinski definition) is 3. The summed E-state index contributed by atoms with van der Waals surface area (Å²) in [6.07, 6.45) is 2.92. The topological polar surface area (TPSA) is 28.2 Å². The van der Waals surface area contributed by atoms with Gasteiger partial charge in [0.1, 0.15) is 0 Å². The number of pyridine rings is 1. The molecule has 0 saturated heterocycles. The fourth-order valence-electron chi connectivity index (χ4n) is 2.04. The lowest BCUT2D eigenvalue weighted by Crippen LogP contribution is -2.23. The van der Waals surface area contributed by atoms with Gasteiger partial charge in [-0.3, -0.25) is 4.98 Å². The number of nitrogens with one attached hydrogen (secondary N) is 1. The van der Waals surface area contributed by atoms with Crippen LogP contribution in [0.5, 0.6) is 0 Å². The van der Waals surface area contributed by atoms with Crippen LogP contribution in [0, 0.1) is 0 Å². The Hall–Kier alpha value is -1.32. The van der Waals surface area contributed by atoms with Gasteiger partial charge < -0.3 is 10.2 Å². The van der Waals surface area contributed by atoms with Gasteiger partial charge in [0.2, 0.25) is 0 Å². The molecule has 2 aromatic rings. The molecule has 4 heteroatoms. The average Bonchev–Trinajstić information content (AvgIpc) is 2.36. The molecular formula is C15H20ClN3. The van der Waals surface area contributed by atoms with E-state index < -0.39 is 0 Å². The van der Waals surface area contributed by atoms with Crippen molar-refractivity contribution < 1.29 is 0 Å². The number of fused-ring (bicyclic) bond motifs is 1. The average molecular weight is 278 g/mol. The van der Waals surface area contributed by atoms with Crippen LogP contribution in [0.3, 0.4) is 0 Å². The van der Waals surface area contributed by atoms with E-state index in [0.717, 1.165) is 34.6 Å². The van der Waals surface area contributed by atoms with Crippen molar-refractivity contribution in [3.05, 3.63) is 35.5 Å². The van der Waals surface area contributed by atoms with Crippen LogP contribution in [0.4, 0.5) is 5.69 Å². The number of anilines is 1. The summed E-state index contributed by atoms with van der Waals surface area (Å²) in [4.78, 5) is 6.55. The van der Waals surface area contributed by atoms with E-state index in [1.54, 1.807) is 0 Å². The molecule has 1 heterocycles. The van der Waals surface area contributed by atoms with Crippen molar-refractivity contribution in [3.8, 4) is 0 Å². The molecule has 0 spiro atoms. The van der Waals surface area contributed by atoms with Gasteiger partial charge in [0, 0.05) is 28.3 Å². The minimum atomic E-state index is 0.420. The van der Waals surface area contributed by atoms with Gasteiger partial charge in [0.05, 0.1) is 5.52 Å². The molecule has 1 N–H and O–H groups in total. The molecule has 0 fully saturated rings. The normalized spacial score (nSPS) is 12.9. The summed E-state index contributed by atoms with van der Waals surface area (Å²) in [7, 11) is 4.19. The summed E-state index contributed by atoms with van der Waals surface area (Å²) >= 11 is 6.00. The van der Waals surface area contributed by atoms with E-state index in [9.17, 15) is 0 Å². The zero-order valence-corrected chi connectivity index (χ0v) is 12.4. The van der Waals surface area contributed by atoms with Crippen LogP contribution in [-0.2, 0) is 0 Å². The van der Waals surface area contributed by atoms with Gasteiger partial charge in [-0.1, -0.05) is 11.6 Å². The van der Waals surface area contributed by atoms with Crippen molar-refractivity contribution in [2.75, 3.05) is 26.0 Å². The predicted octanol–water partition coefficient (Wildman–Crippen LogP) is 3.64. The Morgan fingerprint density at radius 1 is 1.32 bits per heavy atom. The summed E-state index contributed by atoms with van der Waals surface area (Å²) in [5, 5.41) is 5.38. The number of benzene rings is 1. The Bertz CT molecular complexity index is 554. The quantitative estimate of drug-likeness (QED) is 0.904. The van der Waals surface area contributed by atoms with Crippen molar-refractivity contribution in [1.82, 2.24) is 9.88 Å². The maximum Gasteiger partial charge on any atom is 0.0737 e. The van der Waals surface area contributed by atoms with Gasteiger partial charge in [0.25, 0.3) is 0 Å². The van der Waals surface area contributed by atoms with Crippen LogP contribution in [0.1, 0.15) is 13.3 Å². The van der Waals surface area contributed by atoms with Crippen molar-refractivity contribution >= 4 is 28.2 Å². The van der Waals surface area contributed by atoms with Crippen molar-refractivity contribution in [1.29, 1.82) is 0 Å². The molecule has 102 valence electrons. The Labute approximate surface area is 119 Å². The molecule has 0 unspecified atom stereocenters. The molecule has 19 heavy (non-hydrogen) atoms. The number of hydrogen-bond donors (Lipinski definition) is 1. The fraction of sp³-hybridized carbons (Fsp3) is 0.400. The van der Waals surface area contributed by atoms with Crippen LogP contribution in [0.2, 0.25) is 5.02 Å². The molecule has 0 radical (unpaired) electrons. The van der Waals surface area contributed by atoms with Crippen LogP contribution >= 0.6 is 11.6 Å². The third-order valence-electron chi connectivity index (χ3n) is 3.12. The first-order valence-corrected chi connectivity index (χ1v) is 6.89.